The van der Waals surface area contributed by atoms with Gasteiger partial charge >= 0.3 is 0 Å². The molecule has 0 spiro atoms. The summed E-state index contributed by atoms with van der Waals surface area (Å²) in [5.74, 6) is 0.763. The fraction of sp³-hybridized carbons (Fsp3) is 0.263. The lowest BCUT2D eigenvalue weighted by atomic mass is 10.1. The number of amides is 1. The maximum absolute atomic E-state index is 12.8. The Morgan fingerprint density at radius 1 is 1.21 bits per heavy atom. The van der Waals surface area contributed by atoms with E-state index >= 15 is 0 Å². The highest BCUT2D eigenvalue weighted by atomic mass is 16.5. The van der Waals surface area contributed by atoms with E-state index in [0.29, 0.717) is 35.8 Å². The first kappa shape index (κ1) is 16.0. The Labute approximate surface area is 141 Å². The summed E-state index contributed by atoms with van der Waals surface area (Å²) in [4.78, 5) is 14.5. The molecular formula is C19H18N2O3. The minimum Gasteiger partial charge on any atom is -0.455 e. The summed E-state index contributed by atoms with van der Waals surface area (Å²) in [5.41, 5.74) is 0.900. The van der Waals surface area contributed by atoms with Crippen LogP contribution in [0, 0.1) is 11.3 Å². The molecule has 1 heterocycles. The summed E-state index contributed by atoms with van der Waals surface area (Å²) >= 11 is 0. The topological polar surface area (TPSA) is 62.6 Å². The van der Waals surface area contributed by atoms with Crippen LogP contribution in [-0.2, 0) is 4.74 Å². The average Bonchev–Trinajstić information content (AvgIpc) is 3.16. The normalized spacial score (nSPS) is 16.4. The third-order valence-corrected chi connectivity index (χ3v) is 4.12. The van der Waals surface area contributed by atoms with Crippen molar-refractivity contribution in [3.8, 4) is 17.6 Å². The second-order valence-corrected chi connectivity index (χ2v) is 5.64. The van der Waals surface area contributed by atoms with E-state index in [9.17, 15) is 10.1 Å². The molecule has 122 valence electrons. The Bertz CT molecular complexity index is 776. The van der Waals surface area contributed by atoms with E-state index in [-0.39, 0.29) is 11.9 Å². The van der Waals surface area contributed by atoms with Gasteiger partial charge in [-0.25, -0.2) is 0 Å². The van der Waals surface area contributed by atoms with Gasteiger partial charge in [-0.05, 0) is 30.7 Å². The molecule has 3 rings (SSSR count). The van der Waals surface area contributed by atoms with Gasteiger partial charge in [-0.1, -0.05) is 24.3 Å². The van der Waals surface area contributed by atoms with E-state index < -0.39 is 0 Å². The minimum absolute atomic E-state index is 0.0805. The summed E-state index contributed by atoms with van der Waals surface area (Å²) in [5, 5.41) is 9.19. The Morgan fingerprint density at radius 3 is 2.62 bits per heavy atom. The second-order valence-electron chi connectivity index (χ2n) is 5.64. The Hall–Kier alpha value is -2.84. The van der Waals surface area contributed by atoms with Crippen LogP contribution in [-0.4, -0.2) is 37.1 Å². The van der Waals surface area contributed by atoms with Crippen molar-refractivity contribution in [3.05, 3.63) is 59.7 Å². The highest BCUT2D eigenvalue weighted by molar-refractivity contribution is 5.97. The van der Waals surface area contributed by atoms with Crippen LogP contribution in [0.1, 0.15) is 22.3 Å². The average molecular weight is 322 g/mol. The number of hydrogen-bond acceptors (Lipinski definition) is 4. The Balaban J connectivity index is 1.88. The number of para-hydroxylation sites is 2. The maximum atomic E-state index is 12.8. The minimum atomic E-state index is -0.115. The SMILES string of the molecule is CN(C(=O)c1ccccc1Oc1ccccc1C#N)[C@H]1CCOC1. The zero-order chi connectivity index (χ0) is 16.9. The predicted octanol–water partition coefficient (Wildman–Crippen LogP) is 3.21. The molecule has 0 N–H and O–H groups in total. The number of likely N-dealkylation sites (N-methyl/N-ethyl adjacent to an activating group) is 1. The molecule has 2 aromatic rings. The van der Waals surface area contributed by atoms with Gasteiger partial charge in [0.2, 0.25) is 0 Å². The molecule has 24 heavy (non-hydrogen) atoms. The number of rotatable bonds is 4. The smallest absolute Gasteiger partial charge is 0.257 e. The van der Waals surface area contributed by atoms with Crippen molar-refractivity contribution in [1.82, 2.24) is 4.90 Å². The summed E-state index contributed by atoms with van der Waals surface area (Å²) < 4.78 is 11.2. The van der Waals surface area contributed by atoms with E-state index in [1.165, 1.54) is 0 Å². The number of ether oxygens (including phenoxy) is 2. The van der Waals surface area contributed by atoms with Gasteiger partial charge in [-0.2, -0.15) is 5.26 Å². The van der Waals surface area contributed by atoms with Crippen molar-refractivity contribution < 1.29 is 14.3 Å². The monoisotopic (exact) mass is 322 g/mol. The second kappa shape index (κ2) is 7.16. The van der Waals surface area contributed by atoms with E-state index in [0.717, 1.165) is 6.42 Å². The molecule has 0 saturated carbocycles. The van der Waals surface area contributed by atoms with Crippen LogP contribution in [0.25, 0.3) is 0 Å². The van der Waals surface area contributed by atoms with Crippen LogP contribution >= 0.6 is 0 Å². The fourth-order valence-electron chi connectivity index (χ4n) is 2.68. The van der Waals surface area contributed by atoms with E-state index in [1.807, 2.05) is 0 Å². The molecule has 1 fully saturated rings. The van der Waals surface area contributed by atoms with Crippen LogP contribution < -0.4 is 4.74 Å². The predicted molar refractivity (Wildman–Crippen MR) is 89.0 cm³/mol. The molecule has 2 aromatic carbocycles. The molecular weight excluding hydrogens is 304 g/mol. The van der Waals surface area contributed by atoms with Crippen LogP contribution in [0.15, 0.2) is 48.5 Å². The third-order valence-electron chi connectivity index (χ3n) is 4.12. The molecule has 1 aliphatic heterocycles. The lowest BCUT2D eigenvalue weighted by Crippen LogP contribution is -2.37. The van der Waals surface area contributed by atoms with Crippen molar-refractivity contribution in [2.75, 3.05) is 20.3 Å². The fourth-order valence-corrected chi connectivity index (χ4v) is 2.68. The summed E-state index contributed by atoms with van der Waals surface area (Å²) in [6, 6.07) is 16.2. The van der Waals surface area contributed by atoms with Crippen LogP contribution in [0.5, 0.6) is 11.5 Å². The van der Waals surface area contributed by atoms with Crippen LogP contribution in [0.3, 0.4) is 0 Å². The van der Waals surface area contributed by atoms with Gasteiger partial charge in [0.25, 0.3) is 5.91 Å². The standard InChI is InChI=1S/C19H18N2O3/c1-21(15-10-11-23-13-15)19(22)16-7-3-5-9-18(16)24-17-8-4-2-6-14(17)12-20/h2-9,15H,10-11,13H2,1H3/t15-/m0/s1. The van der Waals surface area contributed by atoms with Gasteiger partial charge in [0, 0.05) is 13.7 Å². The summed E-state index contributed by atoms with van der Waals surface area (Å²) in [6.07, 6.45) is 0.836. The molecule has 5 nitrogen and oxygen atoms in total. The third kappa shape index (κ3) is 3.24. The Morgan fingerprint density at radius 2 is 1.92 bits per heavy atom. The summed E-state index contributed by atoms with van der Waals surface area (Å²) in [7, 11) is 1.78. The first-order chi connectivity index (χ1) is 11.7. The highest BCUT2D eigenvalue weighted by Crippen LogP contribution is 2.29. The van der Waals surface area contributed by atoms with Crippen molar-refractivity contribution >= 4 is 5.91 Å². The number of nitrogens with zero attached hydrogens (tertiary/aromatic N) is 2. The van der Waals surface area contributed by atoms with Gasteiger partial charge in [0.1, 0.15) is 17.6 Å². The van der Waals surface area contributed by atoms with E-state index in [1.54, 1.807) is 60.5 Å². The molecule has 1 aliphatic rings. The molecule has 0 radical (unpaired) electrons. The number of carbonyl (C=O) groups excluding carboxylic acids is 1. The molecule has 0 aliphatic carbocycles. The lowest BCUT2D eigenvalue weighted by Gasteiger charge is -2.24. The molecule has 0 aromatic heterocycles. The molecule has 1 atom stereocenters. The molecule has 0 unspecified atom stereocenters. The van der Waals surface area contributed by atoms with Gasteiger partial charge in [0.05, 0.1) is 23.8 Å². The number of hydrogen-bond donors (Lipinski definition) is 0. The van der Waals surface area contributed by atoms with Gasteiger partial charge in [0.15, 0.2) is 0 Å². The molecule has 0 bridgehead atoms. The molecule has 5 heteroatoms. The number of nitriles is 1. The maximum Gasteiger partial charge on any atom is 0.257 e. The quantitative estimate of drug-likeness (QED) is 0.867. The number of benzene rings is 2. The van der Waals surface area contributed by atoms with Crippen LogP contribution in [0.2, 0.25) is 0 Å². The first-order valence-electron chi connectivity index (χ1n) is 7.81. The zero-order valence-corrected chi connectivity index (χ0v) is 13.4. The van der Waals surface area contributed by atoms with Crippen LogP contribution in [0.4, 0.5) is 0 Å². The van der Waals surface area contributed by atoms with E-state index in [4.69, 9.17) is 9.47 Å². The molecule has 1 amide bonds. The Kier molecular flexibility index (Phi) is 4.78. The number of carbonyl (C=O) groups is 1. The van der Waals surface area contributed by atoms with Crippen molar-refractivity contribution in [2.24, 2.45) is 0 Å². The van der Waals surface area contributed by atoms with Gasteiger partial charge < -0.3 is 14.4 Å². The van der Waals surface area contributed by atoms with Crippen molar-refractivity contribution in [1.29, 1.82) is 5.26 Å². The summed E-state index contributed by atoms with van der Waals surface area (Å²) in [6.45, 7) is 1.23. The van der Waals surface area contributed by atoms with Crippen molar-refractivity contribution in [3.63, 3.8) is 0 Å². The molecule has 1 saturated heterocycles. The highest BCUT2D eigenvalue weighted by Gasteiger charge is 2.26. The first-order valence-corrected chi connectivity index (χ1v) is 7.81. The van der Waals surface area contributed by atoms with Gasteiger partial charge in [-0.3, -0.25) is 4.79 Å². The van der Waals surface area contributed by atoms with Gasteiger partial charge in [-0.15, -0.1) is 0 Å². The van der Waals surface area contributed by atoms with Crippen molar-refractivity contribution in [2.45, 2.75) is 12.5 Å². The zero-order valence-electron chi connectivity index (χ0n) is 13.4. The largest absolute Gasteiger partial charge is 0.455 e. The lowest BCUT2D eigenvalue weighted by molar-refractivity contribution is 0.0708. The van der Waals surface area contributed by atoms with E-state index in [2.05, 4.69) is 6.07 Å².